The first kappa shape index (κ1) is 16.1. The van der Waals surface area contributed by atoms with Crippen LogP contribution in [0.4, 0.5) is 4.39 Å². The lowest BCUT2D eigenvalue weighted by Gasteiger charge is -2.21. The topological polar surface area (TPSA) is 51.2 Å². The number of ether oxygens (including phenoxy) is 1. The van der Waals surface area contributed by atoms with Gasteiger partial charge in [-0.2, -0.15) is 0 Å². The largest absolute Gasteiger partial charge is 0.468 e. The number of esters is 1. The molecule has 2 aromatic rings. The summed E-state index contributed by atoms with van der Waals surface area (Å²) < 4.78 is 18.0. The zero-order valence-electron chi connectivity index (χ0n) is 13.1. The molecule has 1 aromatic carbocycles. The van der Waals surface area contributed by atoms with Gasteiger partial charge >= 0.3 is 5.97 Å². The van der Waals surface area contributed by atoms with Crippen LogP contribution in [0.2, 0.25) is 0 Å². The molecule has 1 N–H and O–H groups in total. The number of carbonyl (C=O) groups excluding carboxylic acids is 1. The van der Waals surface area contributed by atoms with Crippen LogP contribution in [0.15, 0.2) is 29.6 Å². The van der Waals surface area contributed by atoms with Crippen LogP contribution in [0.25, 0.3) is 0 Å². The van der Waals surface area contributed by atoms with Gasteiger partial charge in [0, 0.05) is 17.3 Å². The Hall–Kier alpha value is -1.79. The normalized spacial score (nSPS) is 16.8. The van der Waals surface area contributed by atoms with Crippen LogP contribution < -0.4 is 5.32 Å². The predicted octanol–water partition coefficient (Wildman–Crippen LogP) is 3.72. The number of hydrogen-bond donors (Lipinski definition) is 1. The highest BCUT2D eigenvalue weighted by Crippen LogP contribution is 2.41. The molecule has 1 aliphatic carbocycles. The molecule has 0 radical (unpaired) electrons. The number of rotatable bonds is 6. The van der Waals surface area contributed by atoms with Gasteiger partial charge in [0.1, 0.15) is 11.9 Å². The minimum absolute atomic E-state index is 0.104. The van der Waals surface area contributed by atoms with E-state index in [9.17, 15) is 9.18 Å². The van der Waals surface area contributed by atoms with E-state index in [0.717, 1.165) is 5.69 Å². The van der Waals surface area contributed by atoms with Crippen LogP contribution >= 0.6 is 11.3 Å². The Balaban J connectivity index is 1.76. The number of nitrogens with one attached hydrogen (secondary N) is 1. The molecule has 0 amide bonds. The first-order valence-electron chi connectivity index (χ1n) is 7.63. The quantitative estimate of drug-likeness (QED) is 0.818. The van der Waals surface area contributed by atoms with Gasteiger partial charge < -0.3 is 4.74 Å². The Morgan fingerprint density at radius 2 is 2.09 bits per heavy atom. The number of aromatic nitrogens is 1. The summed E-state index contributed by atoms with van der Waals surface area (Å²) in [5, 5.41) is 6.44. The zero-order chi connectivity index (χ0) is 16.4. The van der Waals surface area contributed by atoms with Gasteiger partial charge in [-0.05, 0) is 37.5 Å². The molecule has 1 fully saturated rings. The summed E-state index contributed by atoms with van der Waals surface area (Å²) in [5.74, 6) is -0.116. The lowest BCUT2D eigenvalue weighted by Crippen LogP contribution is -2.32. The average Bonchev–Trinajstić information content (AvgIpc) is 3.29. The Morgan fingerprint density at radius 1 is 1.39 bits per heavy atom. The molecular weight excluding hydrogens is 315 g/mol. The minimum atomic E-state index is -0.651. The van der Waals surface area contributed by atoms with Crippen LogP contribution in [-0.4, -0.2) is 18.1 Å². The highest BCUT2D eigenvalue weighted by molar-refractivity contribution is 7.09. The van der Waals surface area contributed by atoms with E-state index in [-0.39, 0.29) is 11.9 Å². The number of carbonyl (C=O) groups is 1. The predicted molar refractivity (Wildman–Crippen MR) is 86.8 cm³/mol. The Labute approximate surface area is 138 Å². The maximum atomic E-state index is 13.1. The molecule has 1 saturated carbocycles. The molecule has 1 heterocycles. The molecule has 2 atom stereocenters. The second-order valence-electron chi connectivity index (χ2n) is 5.78. The summed E-state index contributed by atoms with van der Waals surface area (Å²) in [6, 6.07) is 5.10. The average molecular weight is 334 g/mol. The molecule has 0 saturated heterocycles. The highest BCUT2D eigenvalue weighted by Gasteiger charge is 2.28. The maximum Gasteiger partial charge on any atom is 0.327 e. The Bertz CT molecular complexity index is 682. The molecule has 0 unspecified atom stereocenters. The van der Waals surface area contributed by atoms with Gasteiger partial charge in [0.2, 0.25) is 0 Å². The van der Waals surface area contributed by atoms with Gasteiger partial charge in [-0.15, -0.1) is 11.3 Å². The molecule has 6 heteroatoms. The molecule has 23 heavy (non-hydrogen) atoms. The van der Waals surface area contributed by atoms with Crippen molar-refractivity contribution < 1.29 is 13.9 Å². The monoisotopic (exact) mass is 334 g/mol. The van der Waals surface area contributed by atoms with E-state index in [2.05, 4.69) is 10.3 Å². The first-order valence-corrected chi connectivity index (χ1v) is 8.51. The van der Waals surface area contributed by atoms with Gasteiger partial charge in [0.15, 0.2) is 0 Å². The third kappa shape index (κ3) is 3.76. The van der Waals surface area contributed by atoms with Gasteiger partial charge in [0.05, 0.1) is 17.8 Å². The molecule has 1 aromatic heterocycles. The number of hydrogen-bond acceptors (Lipinski definition) is 5. The second-order valence-corrected chi connectivity index (χ2v) is 6.67. The third-order valence-electron chi connectivity index (χ3n) is 3.97. The van der Waals surface area contributed by atoms with Crippen LogP contribution in [0.3, 0.4) is 0 Å². The van der Waals surface area contributed by atoms with Gasteiger partial charge in [0.25, 0.3) is 0 Å². The molecule has 4 nitrogen and oxygen atoms in total. The number of halogens is 1. The number of thiazole rings is 1. The van der Waals surface area contributed by atoms with Crippen molar-refractivity contribution in [3.05, 3.63) is 51.7 Å². The van der Waals surface area contributed by atoms with Gasteiger partial charge in [-0.3, -0.25) is 5.32 Å². The van der Waals surface area contributed by atoms with E-state index in [1.54, 1.807) is 23.5 Å². The molecule has 0 spiro atoms. The number of nitrogens with zero attached hydrogens (tertiary/aromatic N) is 1. The van der Waals surface area contributed by atoms with E-state index in [4.69, 9.17) is 4.74 Å². The minimum Gasteiger partial charge on any atom is -0.468 e. The number of benzene rings is 1. The molecule has 122 valence electrons. The van der Waals surface area contributed by atoms with Crippen molar-refractivity contribution >= 4 is 17.3 Å². The van der Waals surface area contributed by atoms with Crippen molar-refractivity contribution in [2.24, 2.45) is 0 Å². The van der Waals surface area contributed by atoms with Crippen molar-refractivity contribution in [2.45, 2.75) is 37.8 Å². The van der Waals surface area contributed by atoms with E-state index in [1.807, 2.05) is 12.3 Å². The summed E-state index contributed by atoms with van der Waals surface area (Å²) in [4.78, 5) is 16.8. The maximum absolute atomic E-state index is 13.1. The number of methoxy groups -OCH3 is 1. The standard InChI is InChI=1S/C17H19FN2O2S/c1-10(14-9-23-16(20-14)12-3-4-12)19-15(17(21)22-2)11-5-7-13(18)8-6-11/h5-10,12,15,19H,3-4H2,1-2H3/t10-,15+/m1/s1. The van der Waals surface area contributed by atoms with Gasteiger partial charge in [-0.1, -0.05) is 12.1 Å². The highest BCUT2D eigenvalue weighted by atomic mass is 32.1. The molecule has 0 bridgehead atoms. The van der Waals surface area contributed by atoms with Crippen LogP contribution in [0.5, 0.6) is 0 Å². The lowest BCUT2D eigenvalue weighted by molar-refractivity contribution is -0.143. The van der Waals surface area contributed by atoms with Crippen molar-refractivity contribution in [3.8, 4) is 0 Å². The van der Waals surface area contributed by atoms with Crippen LogP contribution in [0.1, 0.15) is 54.0 Å². The fourth-order valence-corrected chi connectivity index (χ4v) is 3.51. The zero-order valence-corrected chi connectivity index (χ0v) is 13.9. The SMILES string of the molecule is COC(=O)[C@@H](N[C@H](C)c1csc(C2CC2)n1)c1ccc(F)cc1. The lowest BCUT2D eigenvalue weighted by atomic mass is 10.1. The summed E-state index contributed by atoms with van der Waals surface area (Å²) in [7, 11) is 1.35. The molecule has 0 aliphatic heterocycles. The van der Waals surface area contributed by atoms with Crippen molar-refractivity contribution in [2.75, 3.05) is 7.11 Å². The first-order chi connectivity index (χ1) is 11.1. The fourth-order valence-electron chi connectivity index (χ4n) is 2.43. The van der Waals surface area contributed by atoms with Gasteiger partial charge in [-0.25, -0.2) is 14.2 Å². The summed E-state index contributed by atoms with van der Waals surface area (Å²) in [5.41, 5.74) is 1.59. The summed E-state index contributed by atoms with van der Waals surface area (Å²) in [6.45, 7) is 1.96. The fraction of sp³-hybridized carbons (Fsp3) is 0.412. The Kier molecular flexibility index (Phi) is 4.73. The molecular formula is C17H19FN2O2S. The molecule has 3 rings (SSSR count). The Morgan fingerprint density at radius 3 is 2.70 bits per heavy atom. The smallest absolute Gasteiger partial charge is 0.327 e. The third-order valence-corrected chi connectivity index (χ3v) is 4.99. The van der Waals surface area contributed by atoms with E-state index in [0.29, 0.717) is 11.5 Å². The van der Waals surface area contributed by atoms with E-state index >= 15 is 0 Å². The van der Waals surface area contributed by atoms with Crippen molar-refractivity contribution in [1.29, 1.82) is 0 Å². The summed E-state index contributed by atoms with van der Waals surface area (Å²) in [6.07, 6.45) is 2.43. The van der Waals surface area contributed by atoms with E-state index in [1.165, 1.54) is 37.1 Å². The molecule has 1 aliphatic rings. The van der Waals surface area contributed by atoms with Crippen molar-refractivity contribution in [1.82, 2.24) is 10.3 Å². The van der Waals surface area contributed by atoms with Crippen LogP contribution in [-0.2, 0) is 9.53 Å². The van der Waals surface area contributed by atoms with Crippen LogP contribution in [0, 0.1) is 5.82 Å². The summed E-state index contributed by atoms with van der Waals surface area (Å²) >= 11 is 1.67. The van der Waals surface area contributed by atoms with E-state index < -0.39 is 12.0 Å². The second kappa shape index (κ2) is 6.76. The van der Waals surface area contributed by atoms with Crippen molar-refractivity contribution in [3.63, 3.8) is 0 Å².